The first kappa shape index (κ1) is 15.1. The fourth-order valence-electron chi connectivity index (χ4n) is 6.33. The molecule has 0 aromatic heterocycles. The quantitative estimate of drug-likeness (QED) is 0.727. The van der Waals surface area contributed by atoms with E-state index in [2.05, 4.69) is 23.1 Å². The second-order valence-electron chi connectivity index (χ2n) is 8.14. The van der Waals surface area contributed by atoms with Gasteiger partial charge in [-0.2, -0.15) is 0 Å². The summed E-state index contributed by atoms with van der Waals surface area (Å²) in [6, 6.07) is 8.68. The predicted molar refractivity (Wildman–Crippen MR) is 96.4 cm³/mol. The number of carbonyl (C=O) groups is 1. The van der Waals surface area contributed by atoms with Crippen LogP contribution in [0.5, 0.6) is 0 Å². The van der Waals surface area contributed by atoms with Gasteiger partial charge in [-0.25, -0.2) is 0 Å². The molecule has 4 heterocycles. The topological polar surface area (TPSA) is 53.0 Å². The molecule has 1 amide bonds. The Morgan fingerprint density at radius 2 is 2.19 bits per heavy atom. The van der Waals surface area contributed by atoms with Gasteiger partial charge in [-0.3, -0.25) is 14.6 Å². The summed E-state index contributed by atoms with van der Waals surface area (Å²) in [6.45, 7) is 4.04. The van der Waals surface area contributed by atoms with Gasteiger partial charge in [-0.05, 0) is 24.5 Å². The molecule has 5 aliphatic rings. The first-order chi connectivity index (χ1) is 12.6. The second-order valence-corrected chi connectivity index (χ2v) is 8.14. The first-order valence-electron chi connectivity index (χ1n) is 9.50. The van der Waals surface area contributed by atoms with E-state index in [1.165, 1.54) is 11.1 Å². The minimum absolute atomic E-state index is 0.0113. The molecular formula is C21H22N2O3. The summed E-state index contributed by atoms with van der Waals surface area (Å²) < 4.78 is 5.73. The average molecular weight is 350 g/mol. The molecule has 1 N–H and O–H groups in total. The van der Waals surface area contributed by atoms with Crippen molar-refractivity contribution in [3.05, 3.63) is 52.7 Å². The fourth-order valence-corrected chi connectivity index (χ4v) is 6.33. The van der Waals surface area contributed by atoms with E-state index < -0.39 is 6.29 Å². The third-order valence-corrected chi connectivity index (χ3v) is 7.20. The van der Waals surface area contributed by atoms with E-state index in [1.807, 2.05) is 17.0 Å². The van der Waals surface area contributed by atoms with Crippen LogP contribution in [0.15, 0.2) is 47.2 Å². The van der Waals surface area contributed by atoms with Crippen LogP contribution in [-0.4, -0.2) is 47.9 Å². The molecule has 1 spiro atoms. The van der Waals surface area contributed by atoms with Crippen molar-refractivity contribution in [1.82, 2.24) is 4.90 Å². The molecule has 2 bridgehead atoms. The van der Waals surface area contributed by atoms with Crippen LogP contribution < -0.4 is 4.90 Å². The zero-order valence-corrected chi connectivity index (χ0v) is 14.8. The van der Waals surface area contributed by atoms with Crippen molar-refractivity contribution < 1.29 is 14.6 Å². The van der Waals surface area contributed by atoms with Crippen molar-refractivity contribution in [2.24, 2.45) is 5.92 Å². The molecule has 26 heavy (non-hydrogen) atoms. The van der Waals surface area contributed by atoms with Crippen LogP contribution in [-0.2, 0) is 14.9 Å². The molecular weight excluding hydrogens is 328 g/mol. The lowest BCUT2D eigenvalue weighted by Crippen LogP contribution is -2.55. The van der Waals surface area contributed by atoms with Crippen LogP contribution >= 0.6 is 0 Å². The number of benzene rings is 1. The molecule has 0 radical (unpaired) electrons. The minimum atomic E-state index is -0.940. The van der Waals surface area contributed by atoms with Gasteiger partial charge < -0.3 is 9.84 Å². The maximum absolute atomic E-state index is 12.7. The van der Waals surface area contributed by atoms with Gasteiger partial charge in [0.25, 0.3) is 0 Å². The van der Waals surface area contributed by atoms with E-state index >= 15 is 0 Å². The summed E-state index contributed by atoms with van der Waals surface area (Å²) in [5, 5.41) is 10.9. The highest BCUT2D eigenvalue weighted by molar-refractivity contribution is 6.00. The SMILES string of the molecule is CC(=O)N1C2=C3C(O)OCC=C4CN5CCC2(c2ccccc21)C5CC43. The monoisotopic (exact) mass is 350 g/mol. The van der Waals surface area contributed by atoms with Gasteiger partial charge in [0, 0.05) is 43.2 Å². The number of aliphatic hydroxyl groups excluding tert-OH is 1. The highest BCUT2D eigenvalue weighted by atomic mass is 16.6. The van der Waals surface area contributed by atoms with Crippen molar-refractivity contribution in [2.75, 3.05) is 24.6 Å². The Balaban J connectivity index is 1.74. The predicted octanol–water partition coefficient (Wildman–Crippen LogP) is 1.93. The number of piperidine rings is 1. The van der Waals surface area contributed by atoms with Gasteiger partial charge in [0.05, 0.1) is 17.7 Å². The Hall–Kier alpha value is -1.95. The van der Waals surface area contributed by atoms with Crippen molar-refractivity contribution in [3.8, 4) is 0 Å². The summed E-state index contributed by atoms with van der Waals surface area (Å²) in [6.07, 6.45) is 3.20. The van der Waals surface area contributed by atoms with Crippen molar-refractivity contribution >= 4 is 11.6 Å². The van der Waals surface area contributed by atoms with E-state index in [4.69, 9.17) is 4.74 Å². The van der Waals surface area contributed by atoms with Crippen LogP contribution in [0.2, 0.25) is 0 Å². The second kappa shape index (κ2) is 4.85. The average Bonchev–Trinajstić information content (AvgIpc) is 3.10. The molecule has 5 heteroatoms. The number of rotatable bonds is 0. The van der Waals surface area contributed by atoms with E-state index in [0.717, 1.165) is 42.9 Å². The summed E-state index contributed by atoms with van der Waals surface area (Å²) in [4.78, 5) is 17.2. The Morgan fingerprint density at radius 1 is 1.35 bits per heavy atom. The van der Waals surface area contributed by atoms with Gasteiger partial charge in [0.2, 0.25) is 5.91 Å². The number of anilines is 1. The van der Waals surface area contributed by atoms with Crippen LogP contribution in [0.4, 0.5) is 5.69 Å². The number of nitrogens with zero attached hydrogens (tertiary/aromatic N) is 2. The van der Waals surface area contributed by atoms with Gasteiger partial charge in [-0.1, -0.05) is 29.8 Å². The number of carbonyl (C=O) groups excluding carboxylic acids is 1. The molecule has 4 aliphatic heterocycles. The lowest BCUT2D eigenvalue weighted by atomic mass is 9.61. The van der Waals surface area contributed by atoms with Crippen LogP contribution in [0.25, 0.3) is 0 Å². The molecule has 1 aromatic rings. The zero-order chi connectivity index (χ0) is 17.6. The van der Waals surface area contributed by atoms with Gasteiger partial charge in [0.15, 0.2) is 6.29 Å². The molecule has 1 aromatic carbocycles. The molecule has 2 fully saturated rings. The maximum Gasteiger partial charge on any atom is 0.228 e. The van der Waals surface area contributed by atoms with Crippen LogP contribution in [0.1, 0.15) is 25.3 Å². The number of para-hydroxylation sites is 1. The Bertz CT molecular complexity index is 904. The van der Waals surface area contributed by atoms with Gasteiger partial charge in [-0.15, -0.1) is 0 Å². The number of fused-ring (bicyclic) bond motifs is 1. The first-order valence-corrected chi connectivity index (χ1v) is 9.50. The normalized spacial score (nSPS) is 37.2. The van der Waals surface area contributed by atoms with E-state index in [1.54, 1.807) is 6.92 Å². The van der Waals surface area contributed by atoms with E-state index in [-0.39, 0.29) is 17.2 Å². The third kappa shape index (κ3) is 1.56. The molecule has 5 nitrogen and oxygen atoms in total. The molecule has 6 rings (SSSR count). The van der Waals surface area contributed by atoms with Gasteiger partial charge in [0.1, 0.15) is 0 Å². The molecule has 4 atom stereocenters. The molecule has 2 saturated heterocycles. The lowest BCUT2D eigenvalue weighted by Gasteiger charge is -2.50. The summed E-state index contributed by atoms with van der Waals surface area (Å²) >= 11 is 0. The third-order valence-electron chi connectivity index (χ3n) is 7.20. The van der Waals surface area contributed by atoms with E-state index in [9.17, 15) is 9.90 Å². The summed E-state index contributed by atoms with van der Waals surface area (Å²) in [5.41, 5.74) is 5.31. The number of ether oxygens (including phenoxy) is 1. The number of hydrogen-bond donors (Lipinski definition) is 1. The standard InChI is InChI=1S/C21H22N2O3/c1-12(24)23-16-5-3-2-4-15(16)21-7-8-22-11-13-6-9-26-20(25)18(19(21)23)14(13)10-17(21)22/h2-6,14,17,20,25H,7-11H2,1H3. The van der Waals surface area contributed by atoms with Crippen LogP contribution in [0.3, 0.4) is 0 Å². The minimum Gasteiger partial charge on any atom is -0.364 e. The Morgan fingerprint density at radius 3 is 3.04 bits per heavy atom. The van der Waals surface area contributed by atoms with Crippen molar-refractivity contribution in [3.63, 3.8) is 0 Å². The Kier molecular flexibility index (Phi) is 2.83. The highest BCUT2D eigenvalue weighted by Crippen LogP contribution is 2.63. The van der Waals surface area contributed by atoms with Crippen molar-refractivity contribution in [1.29, 1.82) is 0 Å². The number of aliphatic hydroxyl groups is 1. The smallest absolute Gasteiger partial charge is 0.228 e. The number of hydrogen-bond acceptors (Lipinski definition) is 4. The Labute approximate surface area is 152 Å². The summed E-state index contributed by atoms with van der Waals surface area (Å²) in [5.74, 6) is 0.198. The van der Waals surface area contributed by atoms with Crippen LogP contribution in [0, 0.1) is 5.92 Å². The lowest BCUT2D eigenvalue weighted by molar-refractivity contribution is -0.116. The van der Waals surface area contributed by atoms with Crippen molar-refractivity contribution in [2.45, 2.75) is 37.5 Å². The number of amides is 1. The van der Waals surface area contributed by atoms with E-state index in [0.29, 0.717) is 12.6 Å². The zero-order valence-electron chi connectivity index (χ0n) is 14.8. The molecule has 4 unspecified atom stereocenters. The summed E-state index contributed by atoms with van der Waals surface area (Å²) in [7, 11) is 0. The molecule has 0 saturated carbocycles. The maximum atomic E-state index is 12.7. The fraction of sp³-hybridized carbons (Fsp3) is 0.476. The molecule has 134 valence electrons. The van der Waals surface area contributed by atoms with Gasteiger partial charge >= 0.3 is 0 Å². The molecule has 1 aliphatic carbocycles. The highest BCUT2D eigenvalue weighted by Gasteiger charge is 2.64. The largest absolute Gasteiger partial charge is 0.364 e.